The van der Waals surface area contributed by atoms with Crippen LogP contribution in [-0.4, -0.2) is 24.5 Å². The number of benzene rings is 1. The van der Waals surface area contributed by atoms with E-state index in [9.17, 15) is 0 Å². The van der Waals surface area contributed by atoms with Crippen molar-refractivity contribution in [2.24, 2.45) is 0 Å². The van der Waals surface area contributed by atoms with Crippen molar-refractivity contribution in [3.63, 3.8) is 0 Å². The van der Waals surface area contributed by atoms with Crippen molar-refractivity contribution < 1.29 is 4.42 Å². The molecule has 17 heavy (non-hydrogen) atoms. The maximum absolute atomic E-state index is 5.96. The minimum absolute atomic E-state index is 0.616. The van der Waals surface area contributed by atoms with Crippen LogP contribution >= 0.6 is 0 Å². The Bertz CT molecular complexity index is 461. The predicted molar refractivity (Wildman–Crippen MR) is 70.3 cm³/mol. The van der Waals surface area contributed by atoms with E-state index in [1.54, 1.807) is 0 Å². The average Bonchev–Trinajstić information content (AvgIpc) is 2.82. The van der Waals surface area contributed by atoms with Crippen LogP contribution in [0.3, 0.4) is 0 Å². The number of hydrogen-bond donors (Lipinski definition) is 0. The van der Waals surface area contributed by atoms with Crippen molar-refractivity contribution in [1.29, 1.82) is 0 Å². The normalized spacial score (nSPS) is 18.9. The van der Waals surface area contributed by atoms with Crippen molar-refractivity contribution >= 4 is 11.0 Å². The molecule has 1 aromatic carbocycles. The van der Waals surface area contributed by atoms with E-state index in [0.717, 1.165) is 5.58 Å². The zero-order valence-electron chi connectivity index (χ0n) is 10.4. The minimum Gasteiger partial charge on any atom is -0.461 e. The molecule has 1 fully saturated rings. The molecule has 2 nitrogen and oxygen atoms in total. The van der Waals surface area contributed by atoms with E-state index >= 15 is 0 Å². The smallest absolute Gasteiger partial charge is 0.134 e. The van der Waals surface area contributed by atoms with Gasteiger partial charge in [0.1, 0.15) is 11.3 Å². The van der Waals surface area contributed by atoms with Crippen LogP contribution in [-0.2, 0) is 0 Å². The molecule has 0 radical (unpaired) electrons. The molecule has 0 N–H and O–H groups in total. The zero-order valence-corrected chi connectivity index (χ0v) is 10.4. The molecule has 0 unspecified atom stereocenters. The molecular weight excluding hydrogens is 210 g/mol. The van der Waals surface area contributed by atoms with Gasteiger partial charge in [-0.1, -0.05) is 25.1 Å². The van der Waals surface area contributed by atoms with Crippen molar-refractivity contribution in [2.45, 2.75) is 25.7 Å². The van der Waals surface area contributed by atoms with Gasteiger partial charge in [-0.15, -0.1) is 0 Å². The van der Waals surface area contributed by atoms with Gasteiger partial charge in [0, 0.05) is 11.3 Å². The number of likely N-dealkylation sites (tertiary alicyclic amines) is 1. The first-order valence-corrected chi connectivity index (χ1v) is 6.57. The molecule has 1 aliphatic heterocycles. The molecule has 0 amide bonds. The molecule has 1 saturated heterocycles. The number of piperidine rings is 1. The number of fused-ring (bicyclic) bond motifs is 1. The summed E-state index contributed by atoms with van der Waals surface area (Å²) in [4.78, 5) is 2.51. The molecule has 2 heterocycles. The fourth-order valence-corrected chi connectivity index (χ4v) is 2.74. The summed E-state index contributed by atoms with van der Waals surface area (Å²) in [6, 6.07) is 10.5. The highest BCUT2D eigenvalue weighted by Gasteiger charge is 2.22. The first kappa shape index (κ1) is 10.8. The van der Waals surface area contributed by atoms with Gasteiger partial charge in [-0.3, -0.25) is 0 Å². The molecule has 3 rings (SSSR count). The van der Waals surface area contributed by atoms with Crippen LogP contribution in [0.15, 0.2) is 34.7 Å². The van der Waals surface area contributed by atoms with Crippen molar-refractivity contribution in [3.05, 3.63) is 36.1 Å². The second-order valence-electron chi connectivity index (χ2n) is 4.90. The largest absolute Gasteiger partial charge is 0.461 e. The third-order valence-electron chi connectivity index (χ3n) is 3.88. The van der Waals surface area contributed by atoms with Crippen molar-refractivity contribution in [2.75, 3.05) is 19.6 Å². The molecule has 0 atom stereocenters. The van der Waals surface area contributed by atoms with Gasteiger partial charge in [0.2, 0.25) is 0 Å². The molecule has 1 aliphatic rings. The highest BCUT2D eigenvalue weighted by atomic mass is 16.3. The van der Waals surface area contributed by atoms with Crippen molar-refractivity contribution in [3.8, 4) is 0 Å². The quantitative estimate of drug-likeness (QED) is 0.781. The summed E-state index contributed by atoms with van der Waals surface area (Å²) in [6.07, 6.45) is 2.46. The van der Waals surface area contributed by atoms with Crippen LogP contribution in [0.1, 0.15) is 31.4 Å². The Morgan fingerprint density at radius 2 is 2.00 bits per heavy atom. The van der Waals surface area contributed by atoms with Gasteiger partial charge in [0.25, 0.3) is 0 Å². The molecule has 2 heteroatoms. The van der Waals surface area contributed by atoms with Gasteiger partial charge in [-0.2, -0.15) is 0 Å². The Balaban J connectivity index is 1.80. The SMILES string of the molecule is CCN1CCC(c2cc3ccccc3o2)CC1. The van der Waals surface area contributed by atoms with Gasteiger partial charge in [0.15, 0.2) is 0 Å². The topological polar surface area (TPSA) is 16.4 Å². The first-order valence-electron chi connectivity index (χ1n) is 6.57. The predicted octanol–water partition coefficient (Wildman–Crippen LogP) is 3.63. The highest BCUT2D eigenvalue weighted by Crippen LogP contribution is 2.31. The summed E-state index contributed by atoms with van der Waals surface area (Å²) in [5, 5.41) is 1.24. The Labute approximate surface area is 102 Å². The summed E-state index contributed by atoms with van der Waals surface area (Å²) in [5.41, 5.74) is 1.03. The summed E-state index contributed by atoms with van der Waals surface area (Å²) < 4.78 is 5.96. The molecule has 0 aliphatic carbocycles. The number of nitrogens with zero attached hydrogens (tertiary/aromatic N) is 1. The third-order valence-corrected chi connectivity index (χ3v) is 3.88. The monoisotopic (exact) mass is 229 g/mol. The lowest BCUT2D eigenvalue weighted by Crippen LogP contribution is -2.32. The second-order valence-corrected chi connectivity index (χ2v) is 4.90. The standard InChI is InChI=1S/C15H19NO/c1-2-16-9-7-12(8-10-16)15-11-13-5-3-4-6-14(13)17-15/h3-6,11-12H,2,7-10H2,1H3. The van der Waals surface area contributed by atoms with Gasteiger partial charge >= 0.3 is 0 Å². The van der Waals surface area contributed by atoms with Crippen LogP contribution in [0, 0.1) is 0 Å². The Morgan fingerprint density at radius 1 is 1.24 bits per heavy atom. The first-order chi connectivity index (χ1) is 8.36. The number of para-hydroxylation sites is 1. The fourth-order valence-electron chi connectivity index (χ4n) is 2.74. The lowest BCUT2D eigenvalue weighted by Gasteiger charge is -2.29. The summed E-state index contributed by atoms with van der Waals surface area (Å²) in [5.74, 6) is 1.80. The highest BCUT2D eigenvalue weighted by molar-refractivity contribution is 5.77. The second kappa shape index (κ2) is 4.53. The van der Waals surface area contributed by atoms with Gasteiger partial charge in [-0.05, 0) is 44.6 Å². The maximum atomic E-state index is 5.96. The Hall–Kier alpha value is -1.28. The molecular formula is C15H19NO. The molecule has 1 aromatic heterocycles. The van der Waals surface area contributed by atoms with E-state index in [4.69, 9.17) is 4.42 Å². The average molecular weight is 229 g/mol. The number of rotatable bonds is 2. The van der Waals surface area contributed by atoms with E-state index in [0.29, 0.717) is 5.92 Å². The molecule has 0 bridgehead atoms. The summed E-state index contributed by atoms with van der Waals surface area (Å²) >= 11 is 0. The van der Waals surface area contributed by atoms with Gasteiger partial charge < -0.3 is 9.32 Å². The lowest BCUT2D eigenvalue weighted by molar-refractivity contribution is 0.212. The van der Waals surface area contributed by atoms with Crippen molar-refractivity contribution in [1.82, 2.24) is 4.90 Å². The molecule has 0 saturated carbocycles. The lowest BCUT2D eigenvalue weighted by atomic mass is 9.94. The third kappa shape index (κ3) is 2.09. The molecule has 90 valence electrons. The number of hydrogen-bond acceptors (Lipinski definition) is 2. The molecule has 0 spiro atoms. The van der Waals surface area contributed by atoms with E-state index in [2.05, 4.69) is 36.1 Å². The van der Waals surface area contributed by atoms with Gasteiger partial charge in [-0.25, -0.2) is 0 Å². The molecule has 2 aromatic rings. The van der Waals surface area contributed by atoms with Gasteiger partial charge in [0.05, 0.1) is 0 Å². The van der Waals surface area contributed by atoms with Crippen LogP contribution in [0.5, 0.6) is 0 Å². The Kier molecular flexibility index (Phi) is 2.89. The van der Waals surface area contributed by atoms with Crippen LogP contribution in [0.25, 0.3) is 11.0 Å². The van der Waals surface area contributed by atoms with E-state index in [1.807, 2.05) is 6.07 Å². The maximum Gasteiger partial charge on any atom is 0.134 e. The van der Waals surface area contributed by atoms with Crippen LogP contribution < -0.4 is 0 Å². The zero-order chi connectivity index (χ0) is 11.7. The Morgan fingerprint density at radius 3 is 2.71 bits per heavy atom. The number of furan rings is 1. The van der Waals surface area contributed by atoms with E-state index < -0.39 is 0 Å². The van der Waals surface area contributed by atoms with E-state index in [1.165, 1.54) is 43.6 Å². The minimum atomic E-state index is 0.616. The summed E-state index contributed by atoms with van der Waals surface area (Å²) in [6.45, 7) is 5.82. The van der Waals surface area contributed by atoms with Crippen LogP contribution in [0.4, 0.5) is 0 Å². The fraction of sp³-hybridized carbons (Fsp3) is 0.467. The van der Waals surface area contributed by atoms with E-state index in [-0.39, 0.29) is 0 Å². The summed E-state index contributed by atoms with van der Waals surface area (Å²) in [7, 11) is 0. The van der Waals surface area contributed by atoms with Crippen LogP contribution in [0.2, 0.25) is 0 Å².